The van der Waals surface area contributed by atoms with Gasteiger partial charge in [0.1, 0.15) is 5.75 Å². The van der Waals surface area contributed by atoms with E-state index >= 15 is 0 Å². The first-order valence-electron chi connectivity index (χ1n) is 7.34. The van der Waals surface area contributed by atoms with Gasteiger partial charge in [-0.2, -0.15) is 0 Å². The Hall–Kier alpha value is -2.29. The fourth-order valence-corrected chi connectivity index (χ4v) is 2.46. The van der Waals surface area contributed by atoms with Crippen LogP contribution in [0.5, 0.6) is 5.75 Å². The number of halogens is 3. The third-order valence-corrected chi connectivity index (χ3v) is 3.66. The van der Waals surface area contributed by atoms with Crippen molar-refractivity contribution in [2.24, 2.45) is 0 Å². The van der Waals surface area contributed by atoms with E-state index in [9.17, 15) is 27.9 Å². The smallest absolute Gasteiger partial charge is 0.406 e. The van der Waals surface area contributed by atoms with Crippen molar-refractivity contribution in [3.8, 4) is 5.75 Å². The standard InChI is InChI=1S/C15H17F3N2O4/c16-15(17,18)24-11-5-3-10(4-6-11)20-13(22)12(21)19-9-14(23)7-1-2-8-14/h3-6,23H,1-2,7-9H2,(H,19,21)(H,20,22). The van der Waals surface area contributed by atoms with Crippen LogP contribution < -0.4 is 15.4 Å². The van der Waals surface area contributed by atoms with E-state index in [4.69, 9.17) is 0 Å². The van der Waals surface area contributed by atoms with Crippen molar-refractivity contribution in [1.29, 1.82) is 0 Å². The highest BCUT2D eigenvalue weighted by Crippen LogP contribution is 2.28. The highest BCUT2D eigenvalue weighted by Gasteiger charge is 2.32. The molecule has 2 amide bonds. The van der Waals surface area contributed by atoms with Crippen LogP contribution in [0.3, 0.4) is 0 Å². The van der Waals surface area contributed by atoms with Gasteiger partial charge in [0.05, 0.1) is 5.60 Å². The monoisotopic (exact) mass is 346 g/mol. The Balaban J connectivity index is 1.83. The largest absolute Gasteiger partial charge is 0.573 e. The average Bonchev–Trinajstić information content (AvgIpc) is 2.92. The molecule has 0 aliphatic heterocycles. The molecule has 0 unspecified atom stereocenters. The molecule has 1 saturated carbocycles. The van der Waals surface area contributed by atoms with Crippen molar-refractivity contribution in [2.45, 2.75) is 37.6 Å². The van der Waals surface area contributed by atoms with Gasteiger partial charge in [0.25, 0.3) is 0 Å². The molecule has 9 heteroatoms. The number of hydrogen-bond donors (Lipinski definition) is 3. The molecule has 0 aromatic heterocycles. The zero-order valence-corrected chi connectivity index (χ0v) is 12.7. The Morgan fingerprint density at radius 2 is 1.71 bits per heavy atom. The molecule has 1 aromatic carbocycles. The summed E-state index contributed by atoms with van der Waals surface area (Å²) in [4.78, 5) is 23.4. The average molecular weight is 346 g/mol. The van der Waals surface area contributed by atoms with Crippen LogP contribution in [0.4, 0.5) is 18.9 Å². The molecule has 24 heavy (non-hydrogen) atoms. The molecule has 0 saturated heterocycles. The minimum atomic E-state index is -4.80. The van der Waals surface area contributed by atoms with E-state index in [0.29, 0.717) is 12.8 Å². The predicted molar refractivity (Wildman–Crippen MR) is 78.2 cm³/mol. The van der Waals surface area contributed by atoms with Gasteiger partial charge in [0.2, 0.25) is 0 Å². The molecule has 0 bridgehead atoms. The van der Waals surface area contributed by atoms with Gasteiger partial charge in [-0.3, -0.25) is 9.59 Å². The molecule has 0 atom stereocenters. The topological polar surface area (TPSA) is 87.7 Å². The van der Waals surface area contributed by atoms with Gasteiger partial charge in [-0.25, -0.2) is 0 Å². The first-order valence-corrected chi connectivity index (χ1v) is 7.34. The maximum absolute atomic E-state index is 12.0. The number of rotatable bonds is 4. The fraction of sp³-hybridized carbons (Fsp3) is 0.467. The molecule has 1 aromatic rings. The van der Waals surface area contributed by atoms with Gasteiger partial charge < -0.3 is 20.5 Å². The molecular formula is C15H17F3N2O4. The van der Waals surface area contributed by atoms with Crippen molar-refractivity contribution < 1.29 is 32.6 Å². The van der Waals surface area contributed by atoms with E-state index in [-0.39, 0.29) is 12.2 Å². The summed E-state index contributed by atoms with van der Waals surface area (Å²) in [7, 11) is 0. The van der Waals surface area contributed by atoms with Crippen LogP contribution in [0, 0.1) is 0 Å². The van der Waals surface area contributed by atoms with Crippen LogP contribution in [0.15, 0.2) is 24.3 Å². The summed E-state index contributed by atoms with van der Waals surface area (Å²) in [6.45, 7) is -0.0163. The van der Waals surface area contributed by atoms with Gasteiger partial charge in [-0.1, -0.05) is 12.8 Å². The third kappa shape index (κ3) is 5.41. The lowest BCUT2D eigenvalue weighted by Crippen LogP contribution is -2.44. The van der Waals surface area contributed by atoms with Crippen LogP contribution in [0.2, 0.25) is 0 Å². The SMILES string of the molecule is O=C(NCC1(O)CCCC1)C(=O)Nc1ccc(OC(F)(F)F)cc1. The van der Waals surface area contributed by atoms with Crippen molar-refractivity contribution in [1.82, 2.24) is 5.32 Å². The van der Waals surface area contributed by atoms with Gasteiger partial charge in [-0.15, -0.1) is 13.2 Å². The quantitative estimate of drug-likeness (QED) is 0.727. The van der Waals surface area contributed by atoms with Crippen LogP contribution >= 0.6 is 0 Å². The van der Waals surface area contributed by atoms with Gasteiger partial charge in [0.15, 0.2) is 0 Å². The first-order chi connectivity index (χ1) is 11.2. The second-order valence-corrected chi connectivity index (χ2v) is 5.64. The maximum Gasteiger partial charge on any atom is 0.573 e. The number of anilines is 1. The normalized spacial score (nSPS) is 16.5. The highest BCUT2D eigenvalue weighted by atomic mass is 19.4. The predicted octanol–water partition coefficient (Wildman–Crippen LogP) is 1.94. The minimum Gasteiger partial charge on any atom is -0.406 e. The third-order valence-electron chi connectivity index (χ3n) is 3.66. The molecule has 6 nitrogen and oxygen atoms in total. The summed E-state index contributed by atoms with van der Waals surface area (Å²) >= 11 is 0. The lowest BCUT2D eigenvalue weighted by atomic mass is 10.0. The Labute approximate surface area is 136 Å². The van der Waals surface area contributed by atoms with Crippen molar-refractivity contribution >= 4 is 17.5 Å². The Morgan fingerprint density at radius 3 is 2.25 bits per heavy atom. The van der Waals surface area contributed by atoms with Crippen molar-refractivity contribution in [2.75, 3.05) is 11.9 Å². The number of carbonyl (C=O) groups is 2. The highest BCUT2D eigenvalue weighted by molar-refractivity contribution is 6.39. The summed E-state index contributed by atoms with van der Waals surface area (Å²) in [6.07, 6.45) is -1.94. The zero-order chi connectivity index (χ0) is 17.8. The number of carbonyl (C=O) groups excluding carboxylic acids is 2. The Kier molecular flexibility index (Phi) is 5.33. The van der Waals surface area contributed by atoms with Crippen LogP contribution in [-0.4, -0.2) is 35.4 Å². The molecule has 1 fully saturated rings. The maximum atomic E-state index is 12.0. The molecule has 1 aliphatic rings. The molecule has 132 valence electrons. The lowest BCUT2D eigenvalue weighted by Gasteiger charge is -2.22. The number of aliphatic hydroxyl groups is 1. The molecule has 2 rings (SSSR count). The number of hydrogen-bond acceptors (Lipinski definition) is 4. The summed E-state index contributed by atoms with van der Waals surface area (Å²) in [5.41, 5.74) is -0.837. The summed E-state index contributed by atoms with van der Waals surface area (Å²) in [6, 6.07) is 4.39. The van der Waals surface area contributed by atoms with Crippen LogP contribution in [-0.2, 0) is 9.59 Å². The molecule has 0 spiro atoms. The number of amides is 2. The molecule has 0 heterocycles. The molecule has 3 N–H and O–H groups in total. The fourth-order valence-electron chi connectivity index (χ4n) is 2.46. The van der Waals surface area contributed by atoms with E-state index in [1.165, 1.54) is 12.1 Å². The van der Waals surface area contributed by atoms with Gasteiger partial charge >= 0.3 is 18.2 Å². The van der Waals surface area contributed by atoms with E-state index in [1.54, 1.807) is 0 Å². The second-order valence-electron chi connectivity index (χ2n) is 5.64. The van der Waals surface area contributed by atoms with Crippen molar-refractivity contribution in [3.63, 3.8) is 0 Å². The molecule has 1 aliphatic carbocycles. The summed E-state index contributed by atoms with van der Waals surface area (Å²) < 4.78 is 39.8. The zero-order valence-electron chi connectivity index (χ0n) is 12.7. The van der Waals surface area contributed by atoms with Crippen LogP contribution in [0.25, 0.3) is 0 Å². The number of benzene rings is 1. The van der Waals surface area contributed by atoms with E-state index in [0.717, 1.165) is 25.0 Å². The van der Waals surface area contributed by atoms with Crippen LogP contribution in [0.1, 0.15) is 25.7 Å². The summed E-state index contributed by atoms with van der Waals surface area (Å²) in [5.74, 6) is -2.33. The van der Waals surface area contributed by atoms with E-state index < -0.39 is 29.5 Å². The Morgan fingerprint density at radius 1 is 1.12 bits per heavy atom. The number of alkyl halides is 3. The second kappa shape index (κ2) is 7.08. The summed E-state index contributed by atoms with van der Waals surface area (Å²) in [5, 5.41) is 14.7. The molecular weight excluding hydrogens is 329 g/mol. The number of ether oxygens (including phenoxy) is 1. The molecule has 0 radical (unpaired) electrons. The van der Waals surface area contributed by atoms with E-state index in [2.05, 4.69) is 15.4 Å². The Bertz CT molecular complexity index is 596. The first kappa shape index (κ1) is 18.1. The van der Waals surface area contributed by atoms with E-state index in [1.807, 2.05) is 0 Å². The number of nitrogens with one attached hydrogen (secondary N) is 2. The van der Waals surface area contributed by atoms with Gasteiger partial charge in [0, 0.05) is 12.2 Å². The van der Waals surface area contributed by atoms with Gasteiger partial charge in [-0.05, 0) is 37.1 Å². The minimum absolute atomic E-state index is 0.0163. The lowest BCUT2D eigenvalue weighted by molar-refractivity contribution is -0.274. The van der Waals surface area contributed by atoms with Crippen molar-refractivity contribution in [3.05, 3.63) is 24.3 Å².